The molecule has 0 fully saturated rings. The molecule has 1 atom stereocenters. The van der Waals surface area contributed by atoms with Gasteiger partial charge in [0.15, 0.2) is 24.2 Å². The highest BCUT2D eigenvalue weighted by Crippen LogP contribution is 2.26. The first kappa shape index (κ1) is 23.5. The second kappa shape index (κ2) is 12.1. The molecule has 0 aliphatic heterocycles. The third kappa shape index (κ3) is 7.54. The summed E-state index contributed by atoms with van der Waals surface area (Å²) in [5.74, 6) is -0.244. The van der Waals surface area contributed by atoms with Gasteiger partial charge in [-0.2, -0.15) is 0 Å². The Labute approximate surface area is 180 Å². The van der Waals surface area contributed by atoms with Crippen LogP contribution in [0.25, 0.3) is 0 Å². The summed E-state index contributed by atoms with van der Waals surface area (Å²) in [6, 6.07) is 13.1. The van der Waals surface area contributed by atoms with Crippen molar-refractivity contribution >= 4 is 17.8 Å². The summed E-state index contributed by atoms with van der Waals surface area (Å²) in [5.41, 5.74) is 4.92. The Hall–Kier alpha value is -3.75. The molecule has 31 heavy (non-hydrogen) atoms. The summed E-state index contributed by atoms with van der Waals surface area (Å²) in [5, 5.41) is 0. The van der Waals surface area contributed by atoms with Gasteiger partial charge in [0.25, 0.3) is 11.8 Å². The van der Waals surface area contributed by atoms with Crippen molar-refractivity contribution in [3.05, 3.63) is 54.1 Å². The number of amides is 2. The van der Waals surface area contributed by atoms with Gasteiger partial charge in [-0.1, -0.05) is 19.1 Å². The highest BCUT2D eigenvalue weighted by atomic mass is 16.5. The van der Waals surface area contributed by atoms with Crippen LogP contribution in [0.4, 0.5) is 0 Å². The van der Waals surface area contributed by atoms with E-state index in [1.165, 1.54) is 14.0 Å². The number of hydrazine groups is 1. The predicted octanol–water partition coefficient (Wildman–Crippen LogP) is 2.26. The molecule has 0 saturated heterocycles. The van der Waals surface area contributed by atoms with Gasteiger partial charge in [-0.05, 0) is 49.7 Å². The lowest BCUT2D eigenvalue weighted by molar-refractivity contribution is -0.133. The lowest BCUT2D eigenvalue weighted by Gasteiger charge is -2.17. The molecule has 0 saturated carbocycles. The maximum Gasteiger partial charge on any atom is 0.338 e. The van der Waals surface area contributed by atoms with Gasteiger partial charge >= 0.3 is 5.97 Å². The van der Waals surface area contributed by atoms with Crippen LogP contribution in [-0.2, 0) is 14.3 Å². The third-order valence-electron chi connectivity index (χ3n) is 3.96. The van der Waals surface area contributed by atoms with Gasteiger partial charge in [0.1, 0.15) is 5.75 Å². The molecule has 2 rings (SSSR count). The average Bonchev–Trinajstić information content (AvgIpc) is 2.80. The summed E-state index contributed by atoms with van der Waals surface area (Å²) >= 11 is 0. The first-order valence-corrected chi connectivity index (χ1v) is 9.73. The zero-order valence-corrected chi connectivity index (χ0v) is 17.7. The molecule has 1 unspecified atom stereocenters. The Morgan fingerprint density at radius 3 is 2.29 bits per heavy atom. The quantitative estimate of drug-likeness (QED) is 0.439. The predicted molar refractivity (Wildman–Crippen MR) is 112 cm³/mol. The smallest absolute Gasteiger partial charge is 0.338 e. The SMILES string of the molecule is CCCOC(=O)c1ccc(OCC(=O)NNC(=O)C(C)Oc2ccccc2OC)cc1. The van der Waals surface area contributed by atoms with E-state index in [1.807, 2.05) is 6.92 Å². The Bertz CT molecular complexity index is 884. The number of methoxy groups -OCH3 is 1. The third-order valence-corrected chi connectivity index (χ3v) is 3.96. The van der Waals surface area contributed by atoms with E-state index in [0.717, 1.165) is 6.42 Å². The van der Waals surface area contributed by atoms with E-state index in [9.17, 15) is 14.4 Å². The minimum absolute atomic E-state index is 0.332. The first-order valence-electron chi connectivity index (χ1n) is 9.73. The van der Waals surface area contributed by atoms with Crippen molar-refractivity contribution in [1.29, 1.82) is 0 Å². The number of carbonyl (C=O) groups excluding carboxylic acids is 3. The summed E-state index contributed by atoms with van der Waals surface area (Å²) in [7, 11) is 1.50. The van der Waals surface area contributed by atoms with Gasteiger partial charge in [0, 0.05) is 0 Å². The molecule has 2 amide bonds. The molecule has 0 bridgehead atoms. The van der Waals surface area contributed by atoms with Crippen LogP contribution in [0.3, 0.4) is 0 Å². The molecule has 2 aromatic carbocycles. The van der Waals surface area contributed by atoms with E-state index >= 15 is 0 Å². The maximum atomic E-state index is 12.1. The van der Waals surface area contributed by atoms with E-state index in [0.29, 0.717) is 29.4 Å². The van der Waals surface area contributed by atoms with Gasteiger partial charge < -0.3 is 18.9 Å². The fraction of sp³-hybridized carbons (Fsp3) is 0.318. The normalized spacial score (nSPS) is 11.1. The summed E-state index contributed by atoms with van der Waals surface area (Å²) in [4.78, 5) is 35.8. The van der Waals surface area contributed by atoms with E-state index in [-0.39, 0.29) is 6.61 Å². The number of para-hydroxylation sites is 2. The number of nitrogens with one attached hydrogen (secondary N) is 2. The van der Waals surface area contributed by atoms with Gasteiger partial charge in [-0.15, -0.1) is 0 Å². The lowest BCUT2D eigenvalue weighted by Crippen LogP contribution is -2.48. The molecule has 0 heterocycles. The van der Waals surface area contributed by atoms with Gasteiger partial charge in [-0.25, -0.2) is 4.79 Å². The minimum Gasteiger partial charge on any atom is -0.493 e. The molecule has 0 aliphatic carbocycles. The molecular formula is C22H26N2O7. The number of hydrogen-bond donors (Lipinski definition) is 2. The Kier molecular flexibility index (Phi) is 9.15. The van der Waals surface area contributed by atoms with Crippen LogP contribution in [0, 0.1) is 0 Å². The lowest BCUT2D eigenvalue weighted by atomic mass is 10.2. The number of benzene rings is 2. The molecule has 0 spiro atoms. The van der Waals surface area contributed by atoms with Crippen molar-refractivity contribution in [2.45, 2.75) is 26.4 Å². The summed E-state index contributed by atoms with van der Waals surface area (Å²) in [6.07, 6.45) is -0.137. The van der Waals surface area contributed by atoms with Crippen molar-refractivity contribution in [2.24, 2.45) is 0 Å². The molecule has 0 aliphatic rings. The fourth-order valence-corrected chi connectivity index (χ4v) is 2.34. The van der Waals surface area contributed by atoms with Gasteiger partial charge in [0.2, 0.25) is 0 Å². The minimum atomic E-state index is -0.877. The second-order valence-electron chi connectivity index (χ2n) is 6.40. The van der Waals surface area contributed by atoms with Gasteiger partial charge in [-0.3, -0.25) is 20.4 Å². The molecule has 2 aromatic rings. The van der Waals surface area contributed by atoms with Crippen molar-refractivity contribution in [1.82, 2.24) is 10.9 Å². The van der Waals surface area contributed by atoms with Crippen LogP contribution in [0.5, 0.6) is 17.2 Å². The monoisotopic (exact) mass is 430 g/mol. The fourth-order valence-electron chi connectivity index (χ4n) is 2.34. The molecule has 9 heteroatoms. The largest absolute Gasteiger partial charge is 0.493 e. The molecule has 2 N–H and O–H groups in total. The number of esters is 1. The average molecular weight is 430 g/mol. The molecule has 0 aromatic heterocycles. The molecular weight excluding hydrogens is 404 g/mol. The van der Waals surface area contributed by atoms with Crippen LogP contribution in [0.15, 0.2) is 48.5 Å². The van der Waals surface area contributed by atoms with Crippen LogP contribution < -0.4 is 25.1 Å². The Morgan fingerprint density at radius 2 is 1.65 bits per heavy atom. The first-order chi connectivity index (χ1) is 14.9. The topological polar surface area (TPSA) is 112 Å². The Morgan fingerprint density at radius 1 is 0.968 bits per heavy atom. The standard InChI is InChI=1S/C22H26N2O7/c1-4-13-29-22(27)16-9-11-17(12-10-16)30-14-20(25)23-24-21(26)15(2)31-19-8-6-5-7-18(19)28-3/h5-12,15H,4,13-14H2,1-3H3,(H,23,25)(H,24,26). The van der Waals surface area contributed by atoms with Crippen molar-refractivity contribution in [3.8, 4) is 17.2 Å². The molecule has 166 valence electrons. The zero-order valence-electron chi connectivity index (χ0n) is 17.7. The van der Waals surface area contributed by atoms with Crippen LogP contribution >= 0.6 is 0 Å². The van der Waals surface area contributed by atoms with Crippen molar-refractivity contribution < 1.29 is 33.3 Å². The van der Waals surface area contributed by atoms with E-state index in [4.69, 9.17) is 18.9 Å². The summed E-state index contributed by atoms with van der Waals surface area (Å²) < 4.78 is 21.1. The second-order valence-corrected chi connectivity index (χ2v) is 6.40. The number of carbonyl (C=O) groups is 3. The number of ether oxygens (including phenoxy) is 4. The number of rotatable bonds is 10. The van der Waals surface area contributed by atoms with Crippen LogP contribution in [0.2, 0.25) is 0 Å². The molecule has 9 nitrogen and oxygen atoms in total. The van der Waals surface area contributed by atoms with E-state index in [2.05, 4.69) is 10.9 Å². The Balaban J connectivity index is 1.74. The van der Waals surface area contributed by atoms with Crippen LogP contribution in [-0.4, -0.2) is 44.2 Å². The van der Waals surface area contributed by atoms with Gasteiger partial charge in [0.05, 0.1) is 19.3 Å². The highest BCUT2D eigenvalue weighted by molar-refractivity contribution is 5.89. The van der Waals surface area contributed by atoms with Crippen molar-refractivity contribution in [2.75, 3.05) is 20.3 Å². The van der Waals surface area contributed by atoms with Crippen molar-refractivity contribution in [3.63, 3.8) is 0 Å². The number of hydrogen-bond acceptors (Lipinski definition) is 7. The van der Waals surface area contributed by atoms with E-state index in [1.54, 1.807) is 48.5 Å². The van der Waals surface area contributed by atoms with Crippen LogP contribution in [0.1, 0.15) is 30.6 Å². The highest BCUT2D eigenvalue weighted by Gasteiger charge is 2.17. The maximum absolute atomic E-state index is 12.1. The summed E-state index contributed by atoms with van der Waals surface area (Å²) in [6.45, 7) is 3.47. The molecule has 0 radical (unpaired) electrons. The van der Waals surface area contributed by atoms with E-state index < -0.39 is 23.9 Å². The zero-order chi connectivity index (χ0) is 22.6.